The van der Waals surface area contributed by atoms with Crippen LogP contribution in [0.1, 0.15) is 116 Å². The maximum atomic E-state index is 10.6. The lowest BCUT2D eigenvalue weighted by Gasteiger charge is -2.40. The van der Waals surface area contributed by atoms with E-state index in [0.717, 1.165) is 24.0 Å². The molecule has 0 spiro atoms. The van der Waals surface area contributed by atoms with Crippen molar-refractivity contribution in [2.45, 2.75) is 122 Å². The van der Waals surface area contributed by atoms with E-state index in [1.54, 1.807) is 0 Å². The van der Waals surface area contributed by atoms with Crippen LogP contribution in [0.15, 0.2) is 0 Å². The molecule has 1 rings (SSSR count). The highest BCUT2D eigenvalue weighted by Crippen LogP contribution is 2.28. The van der Waals surface area contributed by atoms with Crippen LogP contribution in [0.5, 0.6) is 0 Å². The molecule has 3 N–H and O–H groups in total. The molecule has 0 bridgehead atoms. The molecule has 0 atom stereocenters. The van der Waals surface area contributed by atoms with Crippen molar-refractivity contribution in [3.8, 4) is 0 Å². The van der Waals surface area contributed by atoms with Gasteiger partial charge in [0.2, 0.25) is 0 Å². The summed E-state index contributed by atoms with van der Waals surface area (Å²) < 4.78 is 12.2. The molecule has 1 fully saturated rings. The fraction of sp³-hybridized carbons (Fsp3) is 1.00. The molecule has 7 heteroatoms. The molecule has 0 unspecified atom stereocenters. The summed E-state index contributed by atoms with van der Waals surface area (Å²) in [5.41, 5.74) is -0.776. The van der Waals surface area contributed by atoms with Crippen LogP contribution in [0.3, 0.4) is 0 Å². The number of aliphatic hydroxyl groups is 2. The second-order valence-corrected chi connectivity index (χ2v) is 14.4. The number of aliphatic hydroxyl groups excluding tert-OH is 2. The lowest BCUT2D eigenvalue weighted by Crippen LogP contribution is -2.56. The summed E-state index contributed by atoms with van der Waals surface area (Å²) in [5, 5.41) is 18.9. The van der Waals surface area contributed by atoms with Crippen LogP contribution < -0.4 is 0 Å². The third-order valence-corrected chi connectivity index (χ3v) is 9.93. The van der Waals surface area contributed by atoms with Gasteiger partial charge in [-0.3, -0.25) is 0 Å². The molecule has 0 aromatic rings. The van der Waals surface area contributed by atoms with E-state index in [1.165, 1.54) is 103 Å². The normalized spacial score (nSPS) is 17.7. The van der Waals surface area contributed by atoms with Crippen molar-refractivity contribution in [3.05, 3.63) is 0 Å². The maximum absolute atomic E-state index is 10.6. The lowest BCUT2D eigenvalue weighted by atomic mass is 9.93. The van der Waals surface area contributed by atoms with Gasteiger partial charge < -0.3 is 28.3 Å². The Morgan fingerprint density at radius 2 is 1.00 bits per heavy atom. The highest BCUT2D eigenvalue weighted by molar-refractivity contribution is 6.59. The van der Waals surface area contributed by atoms with Gasteiger partial charge in [-0.25, -0.2) is 0 Å². The van der Waals surface area contributed by atoms with Crippen molar-refractivity contribution in [1.82, 2.24) is 0 Å². The summed E-state index contributed by atoms with van der Waals surface area (Å²) in [4.78, 5) is 10.6. The zero-order valence-corrected chi connectivity index (χ0v) is 24.6. The largest absolute Gasteiger partial charge is 0.498 e. The summed E-state index contributed by atoms with van der Waals surface area (Å²) in [6, 6.07) is 0.542. The SMILES string of the molecule is CCCCCCCCCCCCCCCCCC[N+](C)(C)CCC[Si]1(O)OCC(CO)(CO)CO1. The zero-order chi connectivity index (χ0) is 25.9. The Hall–Kier alpha value is -0.0231. The minimum Gasteiger partial charge on any atom is -0.396 e. The van der Waals surface area contributed by atoms with Gasteiger partial charge in [-0.1, -0.05) is 96.8 Å². The van der Waals surface area contributed by atoms with Crippen molar-refractivity contribution in [2.75, 3.05) is 53.6 Å². The summed E-state index contributed by atoms with van der Waals surface area (Å²) in [6.45, 7) is 4.38. The van der Waals surface area contributed by atoms with Crippen molar-refractivity contribution in [2.24, 2.45) is 5.41 Å². The Morgan fingerprint density at radius 3 is 1.40 bits per heavy atom. The van der Waals surface area contributed by atoms with Crippen LogP contribution in [0, 0.1) is 5.41 Å². The van der Waals surface area contributed by atoms with Gasteiger partial charge in [0.05, 0.1) is 59.0 Å². The van der Waals surface area contributed by atoms with Crippen LogP contribution in [-0.4, -0.2) is 81.9 Å². The Labute approximate surface area is 218 Å². The average molecular weight is 519 g/mol. The van der Waals surface area contributed by atoms with E-state index in [2.05, 4.69) is 21.0 Å². The minimum atomic E-state index is -3.17. The molecule has 0 aromatic heterocycles. The highest BCUT2D eigenvalue weighted by Gasteiger charge is 2.47. The smallest absolute Gasteiger partial charge is 0.396 e. The van der Waals surface area contributed by atoms with Crippen molar-refractivity contribution in [1.29, 1.82) is 0 Å². The standard InChI is InChI=1S/C28H60NO5Si/c1-4-5-6-7-8-9-10-11-12-13-14-15-16-17-18-19-21-29(2,3)22-20-23-35(32)33-26-28(24-30,25-31)27-34-35/h30-32H,4-27H2,1-3H3/q+1. The van der Waals surface area contributed by atoms with Crippen molar-refractivity contribution >= 4 is 8.80 Å². The van der Waals surface area contributed by atoms with Gasteiger partial charge in [0.25, 0.3) is 0 Å². The quantitative estimate of drug-likeness (QED) is 0.0923. The van der Waals surface area contributed by atoms with Gasteiger partial charge >= 0.3 is 8.80 Å². The monoisotopic (exact) mass is 518 g/mol. The lowest BCUT2D eigenvalue weighted by molar-refractivity contribution is -0.890. The highest BCUT2D eigenvalue weighted by atomic mass is 28.4. The van der Waals surface area contributed by atoms with E-state index in [1.807, 2.05) is 0 Å². The van der Waals surface area contributed by atoms with Crippen LogP contribution in [0.25, 0.3) is 0 Å². The second kappa shape index (κ2) is 19.1. The Bertz CT molecular complexity index is 492. The number of quaternary nitrogens is 1. The topological polar surface area (TPSA) is 79.2 Å². The van der Waals surface area contributed by atoms with E-state index < -0.39 is 14.2 Å². The minimum absolute atomic E-state index is 0.167. The predicted molar refractivity (Wildman–Crippen MR) is 147 cm³/mol. The molecule has 1 aliphatic heterocycles. The Balaban J connectivity index is 1.94. The van der Waals surface area contributed by atoms with Gasteiger partial charge in [-0.15, -0.1) is 0 Å². The van der Waals surface area contributed by atoms with Gasteiger partial charge in [0, 0.05) is 12.5 Å². The molecule has 0 aliphatic carbocycles. The van der Waals surface area contributed by atoms with Gasteiger partial charge in [0.15, 0.2) is 0 Å². The fourth-order valence-electron chi connectivity index (χ4n) is 4.92. The number of rotatable bonds is 23. The third kappa shape index (κ3) is 15.7. The fourth-order valence-corrected chi connectivity index (χ4v) is 6.96. The molecule has 0 aromatic carbocycles. The van der Waals surface area contributed by atoms with Gasteiger partial charge in [-0.2, -0.15) is 0 Å². The van der Waals surface area contributed by atoms with E-state index in [9.17, 15) is 15.0 Å². The van der Waals surface area contributed by atoms with E-state index >= 15 is 0 Å². The molecule has 210 valence electrons. The maximum Gasteiger partial charge on any atom is 0.498 e. The second-order valence-electron chi connectivity index (χ2n) is 11.9. The van der Waals surface area contributed by atoms with E-state index in [-0.39, 0.29) is 26.4 Å². The summed E-state index contributed by atoms with van der Waals surface area (Å²) in [6.07, 6.45) is 23.2. The molecule has 6 nitrogen and oxygen atoms in total. The van der Waals surface area contributed by atoms with E-state index in [0.29, 0.717) is 6.04 Å². The number of hydrogen-bond donors (Lipinski definition) is 3. The molecule has 1 heterocycles. The number of unbranched alkanes of at least 4 members (excludes halogenated alkanes) is 15. The van der Waals surface area contributed by atoms with Crippen LogP contribution in [-0.2, 0) is 8.85 Å². The van der Waals surface area contributed by atoms with Crippen molar-refractivity contribution in [3.63, 3.8) is 0 Å². The first-order chi connectivity index (χ1) is 16.8. The molecule has 1 saturated heterocycles. The van der Waals surface area contributed by atoms with Crippen molar-refractivity contribution < 1.29 is 28.3 Å². The van der Waals surface area contributed by atoms with E-state index in [4.69, 9.17) is 8.85 Å². The molecule has 35 heavy (non-hydrogen) atoms. The van der Waals surface area contributed by atoms with Gasteiger partial charge in [0.1, 0.15) is 0 Å². The Kier molecular flexibility index (Phi) is 18.0. The first-order valence-corrected chi connectivity index (χ1v) is 16.8. The number of hydrogen-bond acceptors (Lipinski definition) is 5. The van der Waals surface area contributed by atoms with Crippen LogP contribution in [0.4, 0.5) is 0 Å². The average Bonchev–Trinajstić information content (AvgIpc) is 2.84. The molecule has 1 aliphatic rings. The molecule has 0 saturated carbocycles. The first-order valence-electron chi connectivity index (χ1n) is 14.8. The number of nitrogens with zero attached hydrogens (tertiary/aromatic N) is 1. The summed E-state index contributed by atoms with van der Waals surface area (Å²) in [7, 11) is 1.37. The molecule has 0 amide bonds. The summed E-state index contributed by atoms with van der Waals surface area (Å²) in [5.74, 6) is 0. The van der Waals surface area contributed by atoms with Crippen LogP contribution in [0.2, 0.25) is 6.04 Å². The molecular weight excluding hydrogens is 458 g/mol. The zero-order valence-electron chi connectivity index (χ0n) is 23.6. The first kappa shape index (κ1) is 33.0. The third-order valence-electron chi connectivity index (χ3n) is 7.75. The predicted octanol–water partition coefficient (Wildman–Crippen LogP) is 5.66. The van der Waals surface area contributed by atoms with Crippen LogP contribution >= 0.6 is 0 Å². The van der Waals surface area contributed by atoms with Gasteiger partial charge in [-0.05, 0) is 12.8 Å². The molecule has 0 radical (unpaired) electrons. The summed E-state index contributed by atoms with van der Waals surface area (Å²) >= 11 is 0. The molecular formula is C28H60NO5Si+. The Morgan fingerprint density at radius 1 is 0.629 bits per heavy atom.